The first-order valence-corrected chi connectivity index (χ1v) is 6.39. The van der Waals surface area contributed by atoms with E-state index in [1.54, 1.807) is 11.8 Å². The Morgan fingerprint density at radius 3 is 2.86 bits per heavy atom. The van der Waals surface area contributed by atoms with Crippen LogP contribution in [-0.4, -0.2) is 28.2 Å². The second-order valence-corrected chi connectivity index (χ2v) is 4.96. The molecule has 0 aromatic carbocycles. The molecule has 14 heavy (non-hydrogen) atoms. The van der Waals surface area contributed by atoms with Gasteiger partial charge in [-0.3, -0.25) is 10.1 Å². The minimum absolute atomic E-state index is 0.323. The molecular formula is C10H19NO2S. The van der Waals surface area contributed by atoms with E-state index in [1.807, 2.05) is 0 Å². The fourth-order valence-electron chi connectivity index (χ4n) is 1.60. The van der Waals surface area contributed by atoms with Crippen LogP contribution in [0.5, 0.6) is 0 Å². The smallest absolute Gasteiger partial charge is 0.321 e. The van der Waals surface area contributed by atoms with E-state index in [0.29, 0.717) is 11.1 Å². The van der Waals surface area contributed by atoms with Gasteiger partial charge in [-0.2, -0.15) is 0 Å². The molecule has 0 radical (unpaired) electrons. The summed E-state index contributed by atoms with van der Waals surface area (Å²) in [6.07, 6.45) is 6.13. The van der Waals surface area contributed by atoms with Crippen molar-refractivity contribution >= 4 is 17.7 Å². The van der Waals surface area contributed by atoms with Crippen LogP contribution in [0, 0.1) is 0 Å². The third kappa shape index (κ3) is 3.88. The van der Waals surface area contributed by atoms with Crippen molar-refractivity contribution in [2.75, 3.05) is 5.75 Å². The summed E-state index contributed by atoms with van der Waals surface area (Å²) < 4.78 is 0. The molecular weight excluding hydrogens is 198 g/mol. The molecule has 1 fully saturated rings. The zero-order valence-electron chi connectivity index (χ0n) is 8.66. The lowest BCUT2D eigenvalue weighted by molar-refractivity contribution is -0.138. The molecule has 2 N–H and O–H groups in total. The molecule has 0 spiro atoms. The topological polar surface area (TPSA) is 49.3 Å². The van der Waals surface area contributed by atoms with E-state index in [0.717, 1.165) is 6.42 Å². The molecule has 0 aliphatic carbocycles. The van der Waals surface area contributed by atoms with Gasteiger partial charge in [0.05, 0.1) is 5.37 Å². The van der Waals surface area contributed by atoms with Gasteiger partial charge < -0.3 is 5.11 Å². The molecule has 1 rings (SSSR count). The largest absolute Gasteiger partial charge is 0.480 e. The minimum atomic E-state index is -0.714. The fraction of sp³-hybridized carbons (Fsp3) is 0.900. The van der Waals surface area contributed by atoms with Gasteiger partial charge in [-0.25, -0.2) is 0 Å². The maximum absolute atomic E-state index is 10.6. The Bertz CT molecular complexity index is 187. The van der Waals surface area contributed by atoms with E-state index in [-0.39, 0.29) is 6.04 Å². The van der Waals surface area contributed by atoms with Crippen molar-refractivity contribution in [3.63, 3.8) is 0 Å². The molecule has 1 aliphatic rings. The van der Waals surface area contributed by atoms with E-state index in [9.17, 15) is 4.79 Å². The quantitative estimate of drug-likeness (QED) is 0.669. The summed E-state index contributed by atoms with van der Waals surface area (Å²) in [6, 6.07) is -0.323. The van der Waals surface area contributed by atoms with Gasteiger partial charge >= 0.3 is 5.97 Å². The van der Waals surface area contributed by atoms with Gasteiger partial charge in [-0.1, -0.05) is 32.6 Å². The fourth-order valence-corrected chi connectivity index (χ4v) is 2.86. The molecule has 4 heteroatoms. The summed E-state index contributed by atoms with van der Waals surface area (Å²) in [5.74, 6) is 0.00175. The summed E-state index contributed by atoms with van der Waals surface area (Å²) >= 11 is 1.74. The van der Waals surface area contributed by atoms with Gasteiger partial charge in [0.1, 0.15) is 6.04 Å². The number of hydrogen-bond donors (Lipinski definition) is 2. The van der Waals surface area contributed by atoms with Crippen LogP contribution in [0.1, 0.15) is 39.0 Å². The van der Waals surface area contributed by atoms with Gasteiger partial charge in [-0.15, -0.1) is 11.8 Å². The van der Waals surface area contributed by atoms with Crippen LogP contribution in [0.25, 0.3) is 0 Å². The van der Waals surface area contributed by atoms with Crippen molar-refractivity contribution in [2.24, 2.45) is 0 Å². The average Bonchev–Trinajstić information content (AvgIpc) is 2.61. The average molecular weight is 217 g/mol. The van der Waals surface area contributed by atoms with Crippen molar-refractivity contribution in [3.8, 4) is 0 Å². The lowest BCUT2D eigenvalue weighted by atomic mass is 10.1. The number of carboxylic acid groups (broad SMARTS) is 1. The molecule has 1 heterocycles. The van der Waals surface area contributed by atoms with Crippen LogP contribution in [0.3, 0.4) is 0 Å². The van der Waals surface area contributed by atoms with Crippen molar-refractivity contribution in [1.82, 2.24) is 5.32 Å². The number of nitrogens with one attached hydrogen (secondary N) is 1. The molecule has 1 saturated heterocycles. The molecule has 2 atom stereocenters. The lowest BCUT2D eigenvalue weighted by Gasteiger charge is -2.09. The van der Waals surface area contributed by atoms with Crippen LogP contribution >= 0.6 is 11.8 Å². The summed E-state index contributed by atoms with van der Waals surface area (Å²) in [7, 11) is 0. The molecule has 0 bridgehead atoms. The number of unbranched alkanes of at least 4 members (excludes halogenated alkanes) is 3. The molecule has 82 valence electrons. The highest BCUT2D eigenvalue weighted by molar-refractivity contribution is 8.00. The zero-order chi connectivity index (χ0) is 10.4. The summed E-state index contributed by atoms with van der Waals surface area (Å²) in [4.78, 5) is 10.6. The van der Waals surface area contributed by atoms with Crippen molar-refractivity contribution in [3.05, 3.63) is 0 Å². The molecule has 0 amide bonds. The van der Waals surface area contributed by atoms with Crippen molar-refractivity contribution in [2.45, 2.75) is 50.4 Å². The predicted octanol–water partition coefficient (Wildman–Crippen LogP) is 2.07. The predicted molar refractivity (Wildman–Crippen MR) is 59.6 cm³/mol. The second-order valence-electron chi connectivity index (χ2n) is 3.73. The first-order valence-electron chi connectivity index (χ1n) is 5.34. The molecule has 0 aromatic rings. The van der Waals surface area contributed by atoms with E-state index >= 15 is 0 Å². The zero-order valence-corrected chi connectivity index (χ0v) is 9.48. The van der Waals surface area contributed by atoms with Crippen molar-refractivity contribution in [1.29, 1.82) is 0 Å². The Balaban J connectivity index is 2.07. The Morgan fingerprint density at radius 1 is 1.50 bits per heavy atom. The number of carboxylic acids is 1. The highest BCUT2D eigenvalue weighted by atomic mass is 32.2. The highest BCUT2D eigenvalue weighted by Crippen LogP contribution is 2.23. The van der Waals surface area contributed by atoms with Crippen LogP contribution in [-0.2, 0) is 4.79 Å². The molecule has 1 unspecified atom stereocenters. The molecule has 0 aromatic heterocycles. The SMILES string of the molecule is CCCCCCC1N[C@H](C(=O)O)CS1. The van der Waals surface area contributed by atoms with Gasteiger partial charge in [-0.05, 0) is 6.42 Å². The summed E-state index contributed by atoms with van der Waals surface area (Å²) in [5, 5.41) is 12.3. The van der Waals surface area contributed by atoms with E-state index in [2.05, 4.69) is 12.2 Å². The Kier molecular flexibility index (Phi) is 5.33. The van der Waals surface area contributed by atoms with Crippen LogP contribution in [0.15, 0.2) is 0 Å². The normalized spacial score (nSPS) is 26.6. The van der Waals surface area contributed by atoms with Gasteiger partial charge in [0, 0.05) is 5.75 Å². The Hall–Kier alpha value is -0.220. The first kappa shape index (κ1) is 11.9. The second kappa shape index (κ2) is 6.30. The summed E-state index contributed by atoms with van der Waals surface area (Å²) in [5.41, 5.74) is 0. The van der Waals surface area contributed by atoms with Crippen molar-refractivity contribution < 1.29 is 9.90 Å². The maximum Gasteiger partial charge on any atom is 0.321 e. The highest BCUT2D eigenvalue weighted by Gasteiger charge is 2.28. The Morgan fingerprint density at radius 2 is 2.29 bits per heavy atom. The third-order valence-electron chi connectivity index (χ3n) is 2.47. The van der Waals surface area contributed by atoms with E-state index in [4.69, 9.17) is 5.11 Å². The minimum Gasteiger partial charge on any atom is -0.480 e. The number of hydrogen-bond acceptors (Lipinski definition) is 3. The number of rotatable bonds is 6. The maximum atomic E-state index is 10.6. The number of aliphatic carboxylic acids is 1. The monoisotopic (exact) mass is 217 g/mol. The first-order chi connectivity index (χ1) is 6.74. The number of thioether (sulfide) groups is 1. The lowest BCUT2D eigenvalue weighted by Crippen LogP contribution is -2.36. The molecule has 3 nitrogen and oxygen atoms in total. The summed E-state index contributed by atoms with van der Waals surface area (Å²) in [6.45, 7) is 2.20. The molecule has 1 aliphatic heterocycles. The van der Waals surface area contributed by atoms with Crippen LogP contribution in [0.4, 0.5) is 0 Å². The van der Waals surface area contributed by atoms with Gasteiger partial charge in [0.15, 0.2) is 0 Å². The van der Waals surface area contributed by atoms with Crippen LogP contribution in [0.2, 0.25) is 0 Å². The Labute approximate surface area is 89.6 Å². The van der Waals surface area contributed by atoms with E-state index in [1.165, 1.54) is 25.7 Å². The van der Waals surface area contributed by atoms with Crippen LogP contribution < -0.4 is 5.32 Å². The molecule has 0 saturated carbocycles. The van der Waals surface area contributed by atoms with Gasteiger partial charge in [0.25, 0.3) is 0 Å². The number of carbonyl (C=O) groups is 1. The third-order valence-corrected chi connectivity index (χ3v) is 3.77. The standard InChI is InChI=1S/C10H19NO2S/c1-2-3-4-5-6-9-11-8(7-14-9)10(12)13/h8-9,11H,2-7H2,1H3,(H,12,13)/t8-,9?/m0/s1. The van der Waals surface area contributed by atoms with Gasteiger partial charge in [0.2, 0.25) is 0 Å². The van der Waals surface area contributed by atoms with E-state index < -0.39 is 5.97 Å².